The quantitative estimate of drug-likeness (QED) is 0.177. The molecule has 262 valence electrons. The van der Waals surface area contributed by atoms with Gasteiger partial charge in [-0.1, -0.05) is 72.6 Å². The summed E-state index contributed by atoms with van der Waals surface area (Å²) in [5, 5.41) is 9.97. The highest BCUT2D eigenvalue weighted by Crippen LogP contribution is 2.43. The third kappa shape index (κ3) is 8.99. The fourth-order valence-electron chi connectivity index (χ4n) is 6.12. The zero-order valence-corrected chi connectivity index (χ0v) is 29.8. The molecular weight excluding hydrogens is 625 g/mol. The predicted octanol–water partition coefficient (Wildman–Crippen LogP) is 10.7. The number of unbranched alkanes of at least 4 members (excludes halogenated alkanes) is 2. The highest BCUT2D eigenvalue weighted by atomic mass is 19.4. The fraction of sp³-hybridized carbons (Fsp3) is 0.425. The number of nitrogens with zero attached hydrogens (tertiary/aromatic N) is 2. The minimum absolute atomic E-state index is 0.00105. The summed E-state index contributed by atoms with van der Waals surface area (Å²) in [5.74, 6) is 1.11. The van der Waals surface area contributed by atoms with Crippen LogP contribution < -0.4 is 10.5 Å². The number of halogens is 3. The number of benzene rings is 3. The number of carbonyl (C=O) groups excluding carboxylic acids is 1. The average Bonchev–Trinajstić information content (AvgIpc) is 3.30. The van der Waals surface area contributed by atoms with Crippen molar-refractivity contribution in [2.75, 3.05) is 13.1 Å². The molecule has 0 aromatic heterocycles. The molecule has 3 N–H and O–H groups in total. The van der Waals surface area contributed by atoms with Crippen LogP contribution in [-0.4, -0.2) is 41.7 Å². The standard InChI is InChI=1S/C40H49F3N4O2/c1-8-11-18-47(19-12-9-2)38(48)27-14-16-30(17-15-27)49-32-23-29(39(5,6)7)21-28-22-31-35(37(45)46-36(31)44)33(34(28)32)25(4)20-26(13-10-3)24-40(41,42)43/h13-17,20-23H,8-12,18-19,24H2,1-7H3,(H3,44,45,46)/b25-20+,26-13+. The highest BCUT2D eigenvalue weighted by molar-refractivity contribution is 6.26. The minimum atomic E-state index is -4.38. The molecule has 0 unspecified atom stereocenters. The number of alkyl halides is 3. The number of hydrogen-bond acceptors (Lipinski definition) is 4. The van der Waals surface area contributed by atoms with Crippen LogP contribution in [0.2, 0.25) is 0 Å². The van der Waals surface area contributed by atoms with Crippen molar-refractivity contribution in [3.63, 3.8) is 0 Å². The smallest absolute Gasteiger partial charge is 0.393 e. The van der Waals surface area contributed by atoms with E-state index in [-0.39, 0.29) is 28.6 Å². The Morgan fingerprint density at radius 1 is 1.00 bits per heavy atom. The first-order chi connectivity index (χ1) is 23.1. The van der Waals surface area contributed by atoms with Crippen molar-refractivity contribution in [3.05, 3.63) is 88.0 Å². The molecule has 0 radical (unpaired) electrons. The maximum Gasteiger partial charge on any atom is 0.393 e. The van der Waals surface area contributed by atoms with Gasteiger partial charge in [0.25, 0.3) is 5.91 Å². The van der Waals surface area contributed by atoms with Crippen molar-refractivity contribution in [1.82, 2.24) is 4.90 Å². The molecule has 9 heteroatoms. The number of nitrogens with one attached hydrogen (secondary N) is 1. The number of ether oxygens (including phenoxy) is 1. The van der Waals surface area contributed by atoms with Gasteiger partial charge in [0.15, 0.2) is 5.84 Å². The van der Waals surface area contributed by atoms with Gasteiger partial charge >= 0.3 is 6.18 Å². The van der Waals surface area contributed by atoms with Crippen molar-refractivity contribution in [3.8, 4) is 11.5 Å². The van der Waals surface area contributed by atoms with Crippen molar-refractivity contribution < 1.29 is 22.7 Å². The molecule has 0 aliphatic carbocycles. The van der Waals surface area contributed by atoms with Crippen molar-refractivity contribution in [2.45, 2.75) is 98.6 Å². The molecule has 6 nitrogen and oxygen atoms in total. The lowest BCUT2D eigenvalue weighted by atomic mass is 9.82. The van der Waals surface area contributed by atoms with Gasteiger partial charge in [0.1, 0.15) is 17.3 Å². The van der Waals surface area contributed by atoms with E-state index in [9.17, 15) is 18.0 Å². The highest BCUT2D eigenvalue weighted by Gasteiger charge is 2.31. The summed E-state index contributed by atoms with van der Waals surface area (Å²) < 4.78 is 47.4. The fourth-order valence-corrected chi connectivity index (χ4v) is 6.12. The van der Waals surface area contributed by atoms with Crippen LogP contribution in [0.3, 0.4) is 0 Å². The molecule has 0 fully saturated rings. The molecule has 0 saturated carbocycles. The van der Waals surface area contributed by atoms with E-state index in [1.165, 1.54) is 0 Å². The first kappa shape index (κ1) is 37.4. The van der Waals surface area contributed by atoms with Gasteiger partial charge in [0, 0.05) is 40.7 Å². The molecule has 0 bridgehead atoms. The molecule has 0 saturated heterocycles. The molecule has 0 spiro atoms. The van der Waals surface area contributed by atoms with Gasteiger partial charge in [0.2, 0.25) is 0 Å². The Morgan fingerprint density at radius 2 is 1.63 bits per heavy atom. The van der Waals surface area contributed by atoms with Crippen LogP contribution in [0.4, 0.5) is 13.2 Å². The molecule has 0 atom stereocenters. The van der Waals surface area contributed by atoms with Crippen molar-refractivity contribution >= 4 is 33.9 Å². The van der Waals surface area contributed by atoms with Gasteiger partial charge < -0.3 is 15.4 Å². The lowest BCUT2D eigenvalue weighted by Crippen LogP contribution is -2.32. The second-order valence-electron chi connectivity index (χ2n) is 13.8. The van der Waals surface area contributed by atoms with E-state index in [4.69, 9.17) is 15.9 Å². The van der Waals surface area contributed by atoms with E-state index in [1.807, 2.05) is 23.1 Å². The predicted molar refractivity (Wildman–Crippen MR) is 195 cm³/mol. The monoisotopic (exact) mass is 674 g/mol. The Kier molecular flexibility index (Phi) is 11.8. The molecule has 1 amide bonds. The second-order valence-corrected chi connectivity index (χ2v) is 13.8. The summed E-state index contributed by atoms with van der Waals surface area (Å²) >= 11 is 0. The maximum absolute atomic E-state index is 13.6. The van der Waals surface area contributed by atoms with Gasteiger partial charge in [-0.05, 0) is 90.1 Å². The number of hydrogen-bond donors (Lipinski definition) is 2. The minimum Gasteiger partial charge on any atom is -0.457 e. The first-order valence-electron chi connectivity index (χ1n) is 17.2. The summed E-state index contributed by atoms with van der Waals surface area (Å²) in [6, 6.07) is 12.9. The number of rotatable bonds is 13. The number of allylic oxidation sites excluding steroid dienone is 4. The Hall–Kier alpha value is -4.40. The average molecular weight is 675 g/mol. The van der Waals surface area contributed by atoms with Crippen molar-refractivity contribution in [2.24, 2.45) is 10.7 Å². The van der Waals surface area contributed by atoms with Crippen molar-refractivity contribution in [1.29, 1.82) is 5.41 Å². The van der Waals surface area contributed by atoms with E-state index in [0.29, 0.717) is 64.2 Å². The van der Waals surface area contributed by atoms with E-state index < -0.39 is 12.6 Å². The summed E-state index contributed by atoms with van der Waals surface area (Å²) in [5.41, 5.74) is 9.95. The van der Waals surface area contributed by atoms with E-state index in [2.05, 4.69) is 39.6 Å². The SMILES string of the molecule is CC/C=C(\C=C(/C)c1c2c(cc3cc(C(C)(C)C)cc(Oc4ccc(C(=O)N(CCCC)CCCC)cc4)c13)C(=N)N=C2N)CC(F)(F)F. The maximum atomic E-state index is 13.6. The summed E-state index contributed by atoms with van der Waals surface area (Å²) in [7, 11) is 0. The van der Waals surface area contributed by atoms with Crippen LogP contribution in [0.15, 0.2) is 65.2 Å². The zero-order valence-electron chi connectivity index (χ0n) is 29.8. The van der Waals surface area contributed by atoms with Crippen LogP contribution in [0.1, 0.15) is 120 Å². The summed E-state index contributed by atoms with van der Waals surface area (Å²) in [6.45, 7) is 15.5. The lowest BCUT2D eigenvalue weighted by molar-refractivity contribution is -0.126. The molecule has 1 aliphatic heterocycles. The number of aliphatic imine (C=N–C) groups is 1. The zero-order chi connectivity index (χ0) is 36.1. The first-order valence-corrected chi connectivity index (χ1v) is 17.2. The van der Waals surface area contributed by atoms with Gasteiger partial charge in [0.05, 0.1) is 6.42 Å². The van der Waals surface area contributed by atoms with Crippen LogP contribution in [0, 0.1) is 5.41 Å². The molecule has 1 aliphatic rings. The van der Waals surface area contributed by atoms with E-state index in [1.54, 1.807) is 50.3 Å². The number of amides is 1. The third-order valence-corrected chi connectivity index (χ3v) is 8.66. The molecule has 4 rings (SSSR count). The molecular formula is C40H49F3N4O2. The van der Waals surface area contributed by atoms with Crippen LogP contribution in [-0.2, 0) is 5.41 Å². The largest absolute Gasteiger partial charge is 0.457 e. The van der Waals surface area contributed by atoms with Gasteiger partial charge in [-0.2, -0.15) is 13.2 Å². The normalized spacial score (nSPS) is 13.9. The van der Waals surface area contributed by atoms with Crippen LogP contribution >= 0.6 is 0 Å². The Morgan fingerprint density at radius 3 is 2.18 bits per heavy atom. The van der Waals surface area contributed by atoms with Crippen LogP contribution in [0.25, 0.3) is 16.3 Å². The topological polar surface area (TPSA) is 91.8 Å². The molecule has 1 heterocycles. The van der Waals surface area contributed by atoms with Gasteiger partial charge in [-0.15, -0.1) is 0 Å². The number of carbonyl (C=O) groups is 1. The van der Waals surface area contributed by atoms with Crippen LogP contribution in [0.5, 0.6) is 11.5 Å². The Labute approximate surface area is 288 Å². The Bertz CT molecular complexity index is 1790. The third-order valence-electron chi connectivity index (χ3n) is 8.66. The Balaban J connectivity index is 1.90. The van der Waals surface area contributed by atoms with E-state index >= 15 is 0 Å². The number of nitrogens with two attached hydrogens (primary N) is 1. The summed E-state index contributed by atoms with van der Waals surface area (Å²) in [6.07, 6.45) is 1.99. The number of amidine groups is 2. The van der Waals surface area contributed by atoms with E-state index in [0.717, 1.165) is 36.6 Å². The van der Waals surface area contributed by atoms with Gasteiger partial charge in [-0.3, -0.25) is 10.2 Å². The number of fused-ring (bicyclic) bond motifs is 2. The summed E-state index contributed by atoms with van der Waals surface area (Å²) in [4.78, 5) is 19.6. The lowest BCUT2D eigenvalue weighted by Gasteiger charge is -2.24. The molecule has 49 heavy (non-hydrogen) atoms. The molecule has 3 aromatic rings. The van der Waals surface area contributed by atoms with Gasteiger partial charge in [-0.25, -0.2) is 4.99 Å². The molecule has 3 aromatic carbocycles. The second kappa shape index (κ2) is 15.4.